The molecule has 0 saturated heterocycles. The third-order valence-electron chi connectivity index (χ3n) is 3.41. The number of aryl methyl sites for hydroxylation is 1. The molecule has 2 aromatic rings. The molecule has 6 nitrogen and oxygen atoms in total. The highest BCUT2D eigenvalue weighted by Crippen LogP contribution is 2.33. The summed E-state index contributed by atoms with van der Waals surface area (Å²) in [7, 11) is 0. The summed E-state index contributed by atoms with van der Waals surface area (Å²) in [6, 6.07) is 3.49. The quantitative estimate of drug-likeness (QED) is 0.701. The van der Waals surface area contributed by atoms with Crippen LogP contribution in [0.25, 0.3) is 0 Å². The summed E-state index contributed by atoms with van der Waals surface area (Å²) in [6.45, 7) is 3.91. The number of hydrogen-bond donors (Lipinski definition) is 3. The number of amides is 2. The molecule has 0 radical (unpaired) electrons. The van der Waals surface area contributed by atoms with Crippen molar-refractivity contribution in [2.45, 2.75) is 26.7 Å². The summed E-state index contributed by atoms with van der Waals surface area (Å²) >= 11 is 2.59. The second kappa shape index (κ2) is 8.07. The van der Waals surface area contributed by atoms with Crippen molar-refractivity contribution in [3.05, 3.63) is 38.4 Å². The van der Waals surface area contributed by atoms with E-state index in [1.165, 1.54) is 22.7 Å². The first kappa shape index (κ1) is 18.2. The molecule has 2 rings (SSSR count). The maximum absolute atomic E-state index is 12.0. The number of aromatic carboxylic acids is 1. The van der Waals surface area contributed by atoms with Gasteiger partial charge in [-0.05, 0) is 30.4 Å². The molecule has 0 saturated carbocycles. The van der Waals surface area contributed by atoms with Crippen molar-refractivity contribution in [3.63, 3.8) is 0 Å². The topological polar surface area (TPSA) is 95.5 Å². The van der Waals surface area contributed by atoms with Crippen LogP contribution in [-0.4, -0.2) is 29.4 Å². The Morgan fingerprint density at radius 3 is 2.62 bits per heavy atom. The molecule has 2 aromatic heterocycles. The number of carboxylic acid groups (broad SMARTS) is 1. The van der Waals surface area contributed by atoms with Gasteiger partial charge in [0.2, 0.25) is 5.91 Å². The summed E-state index contributed by atoms with van der Waals surface area (Å²) in [6.07, 6.45) is 0.672. The van der Waals surface area contributed by atoms with Crippen LogP contribution in [-0.2, 0) is 11.2 Å². The highest BCUT2D eigenvalue weighted by atomic mass is 32.1. The van der Waals surface area contributed by atoms with E-state index in [0.717, 1.165) is 10.4 Å². The van der Waals surface area contributed by atoms with Crippen molar-refractivity contribution >= 4 is 45.5 Å². The molecule has 3 N–H and O–H groups in total. The lowest BCUT2D eigenvalue weighted by molar-refractivity contribution is -0.116. The number of carboxylic acids is 1. The van der Waals surface area contributed by atoms with Gasteiger partial charge >= 0.3 is 5.97 Å². The lowest BCUT2D eigenvalue weighted by Gasteiger charge is -2.06. The number of rotatable bonds is 7. The molecule has 0 aliphatic rings. The fourth-order valence-electron chi connectivity index (χ4n) is 2.29. The van der Waals surface area contributed by atoms with Gasteiger partial charge in [-0.15, -0.1) is 22.7 Å². The van der Waals surface area contributed by atoms with Gasteiger partial charge in [-0.3, -0.25) is 9.59 Å². The number of anilines is 1. The first-order chi connectivity index (χ1) is 11.4. The molecule has 0 unspecified atom stereocenters. The van der Waals surface area contributed by atoms with Crippen LogP contribution < -0.4 is 10.6 Å². The second-order valence-electron chi connectivity index (χ2n) is 5.03. The largest absolute Gasteiger partial charge is 0.478 e. The Hall–Kier alpha value is -2.19. The van der Waals surface area contributed by atoms with Crippen LogP contribution in [0.5, 0.6) is 0 Å². The lowest BCUT2D eigenvalue weighted by atomic mass is 10.1. The third kappa shape index (κ3) is 4.21. The molecule has 24 heavy (non-hydrogen) atoms. The van der Waals surface area contributed by atoms with E-state index < -0.39 is 5.97 Å². The van der Waals surface area contributed by atoms with Gasteiger partial charge in [0.05, 0.1) is 10.4 Å². The lowest BCUT2D eigenvalue weighted by Crippen LogP contribution is -2.27. The Kier molecular flexibility index (Phi) is 6.10. The Morgan fingerprint density at radius 1 is 1.29 bits per heavy atom. The number of thiophene rings is 2. The predicted molar refractivity (Wildman–Crippen MR) is 95.3 cm³/mol. The standard InChI is InChI=1S/C16H18N2O4S2/c1-3-10-9(2)24-15(13(10)16(21)22)18-12(19)6-7-17-14(20)11-5-4-8-23-11/h4-5,8H,3,6-7H2,1-2H3,(H,17,20)(H,18,19)(H,21,22). The molecule has 0 fully saturated rings. The third-order valence-corrected chi connectivity index (χ3v) is 5.34. The molecule has 2 amide bonds. The summed E-state index contributed by atoms with van der Waals surface area (Å²) in [5, 5.41) is 16.8. The Morgan fingerprint density at radius 2 is 2.04 bits per heavy atom. The molecule has 128 valence electrons. The maximum Gasteiger partial charge on any atom is 0.339 e. The van der Waals surface area contributed by atoms with Crippen molar-refractivity contribution in [1.82, 2.24) is 5.32 Å². The van der Waals surface area contributed by atoms with Gasteiger partial charge in [-0.2, -0.15) is 0 Å². The second-order valence-corrected chi connectivity index (χ2v) is 7.20. The van der Waals surface area contributed by atoms with Gasteiger partial charge in [-0.25, -0.2) is 4.79 Å². The smallest absolute Gasteiger partial charge is 0.339 e. The normalized spacial score (nSPS) is 10.4. The van der Waals surface area contributed by atoms with Crippen molar-refractivity contribution in [2.75, 3.05) is 11.9 Å². The van der Waals surface area contributed by atoms with Crippen molar-refractivity contribution < 1.29 is 19.5 Å². The van der Waals surface area contributed by atoms with E-state index in [2.05, 4.69) is 10.6 Å². The zero-order valence-electron chi connectivity index (χ0n) is 13.3. The highest BCUT2D eigenvalue weighted by Gasteiger charge is 2.21. The number of hydrogen-bond acceptors (Lipinski definition) is 5. The first-order valence-corrected chi connectivity index (χ1v) is 9.10. The van der Waals surface area contributed by atoms with Gasteiger partial charge in [0.1, 0.15) is 5.00 Å². The molecule has 0 aliphatic carbocycles. The monoisotopic (exact) mass is 366 g/mol. The van der Waals surface area contributed by atoms with Crippen LogP contribution in [0.1, 0.15) is 43.8 Å². The molecule has 0 aliphatic heterocycles. The van der Waals surface area contributed by atoms with E-state index in [9.17, 15) is 19.5 Å². The summed E-state index contributed by atoms with van der Waals surface area (Å²) in [5.74, 6) is -1.59. The van der Waals surface area contributed by atoms with Crippen LogP contribution in [0.4, 0.5) is 5.00 Å². The van der Waals surface area contributed by atoms with Crippen LogP contribution in [0.3, 0.4) is 0 Å². The molecule has 0 aromatic carbocycles. The fourth-order valence-corrected chi connectivity index (χ4v) is 4.09. The van der Waals surface area contributed by atoms with E-state index in [-0.39, 0.29) is 30.3 Å². The average molecular weight is 366 g/mol. The predicted octanol–water partition coefficient (Wildman–Crippen LogP) is 3.14. The molecule has 0 bridgehead atoms. The summed E-state index contributed by atoms with van der Waals surface area (Å²) in [4.78, 5) is 36.7. The Labute approximate surface area is 147 Å². The molecular weight excluding hydrogens is 348 g/mol. The van der Waals surface area contributed by atoms with Crippen molar-refractivity contribution in [3.8, 4) is 0 Å². The van der Waals surface area contributed by atoms with E-state index >= 15 is 0 Å². The van der Waals surface area contributed by atoms with E-state index in [4.69, 9.17) is 0 Å². The summed E-state index contributed by atoms with van der Waals surface area (Å²) in [5.41, 5.74) is 0.907. The van der Waals surface area contributed by atoms with E-state index in [1.807, 2.05) is 13.8 Å². The minimum atomic E-state index is -1.04. The molecule has 0 spiro atoms. The van der Waals surface area contributed by atoms with Crippen molar-refractivity contribution in [2.24, 2.45) is 0 Å². The fraction of sp³-hybridized carbons (Fsp3) is 0.312. The van der Waals surface area contributed by atoms with Gasteiger partial charge in [0.15, 0.2) is 0 Å². The average Bonchev–Trinajstić information content (AvgIpc) is 3.14. The number of carbonyl (C=O) groups excluding carboxylic acids is 2. The van der Waals surface area contributed by atoms with Crippen LogP contribution in [0.15, 0.2) is 17.5 Å². The Bertz CT molecular complexity index is 750. The van der Waals surface area contributed by atoms with Gasteiger partial charge < -0.3 is 15.7 Å². The number of carbonyl (C=O) groups is 3. The minimum absolute atomic E-state index is 0.0780. The van der Waals surface area contributed by atoms with Gasteiger partial charge in [-0.1, -0.05) is 13.0 Å². The maximum atomic E-state index is 12.0. The van der Waals surface area contributed by atoms with Gasteiger partial charge in [0, 0.05) is 17.8 Å². The molecule has 0 atom stereocenters. The SMILES string of the molecule is CCc1c(C)sc(NC(=O)CCNC(=O)c2cccs2)c1C(=O)O. The van der Waals surface area contributed by atoms with Gasteiger partial charge in [0.25, 0.3) is 5.91 Å². The summed E-state index contributed by atoms with van der Waals surface area (Å²) < 4.78 is 0. The van der Waals surface area contributed by atoms with E-state index in [1.54, 1.807) is 17.5 Å². The van der Waals surface area contributed by atoms with E-state index in [0.29, 0.717) is 16.3 Å². The van der Waals surface area contributed by atoms with Crippen LogP contribution in [0, 0.1) is 6.92 Å². The zero-order chi connectivity index (χ0) is 17.7. The minimum Gasteiger partial charge on any atom is -0.478 e. The van der Waals surface area contributed by atoms with Crippen LogP contribution >= 0.6 is 22.7 Å². The highest BCUT2D eigenvalue weighted by molar-refractivity contribution is 7.16. The Balaban J connectivity index is 1.93. The van der Waals surface area contributed by atoms with Crippen LogP contribution in [0.2, 0.25) is 0 Å². The number of nitrogens with one attached hydrogen (secondary N) is 2. The molecule has 8 heteroatoms. The first-order valence-electron chi connectivity index (χ1n) is 7.41. The molecule has 2 heterocycles. The molecular formula is C16H18N2O4S2. The van der Waals surface area contributed by atoms with Crippen molar-refractivity contribution in [1.29, 1.82) is 0 Å². The zero-order valence-corrected chi connectivity index (χ0v) is 15.0.